The molecule has 4 heteroatoms. The maximum atomic E-state index is 12.1. The third kappa shape index (κ3) is 2.49. The van der Waals surface area contributed by atoms with Gasteiger partial charge in [0.2, 0.25) is 5.91 Å². The molecule has 2 aromatic carbocycles. The smallest absolute Gasteiger partial charge is 0.245 e. The largest absolute Gasteiger partial charge is 0.368 e. The molecule has 0 radical (unpaired) electrons. The van der Waals surface area contributed by atoms with Crippen LogP contribution in [0.3, 0.4) is 0 Å². The molecule has 0 aliphatic carbocycles. The fourth-order valence-corrected chi connectivity index (χ4v) is 2.94. The van der Waals surface area contributed by atoms with Crippen molar-refractivity contribution in [3.63, 3.8) is 0 Å². The number of nitrogens with two attached hydrogens (primary N) is 2. The highest BCUT2D eigenvalue weighted by atomic mass is 16.1. The Hall–Kier alpha value is -2.59. The van der Waals surface area contributed by atoms with E-state index in [1.165, 1.54) is 0 Å². The number of para-hydroxylation sites is 1. The fourth-order valence-electron chi connectivity index (χ4n) is 2.94. The lowest BCUT2D eigenvalue weighted by Gasteiger charge is -2.17. The Bertz CT molecular complexity index is 792. The minimum atomic E-state index is -0.516. The van der Waals surface area contributed by atoms with Crippen LogP contribution in [0.2, 0.25) is 0 Å². The Morgan fingerprint density at radius 3 is 2.41 bits per heavy atom. The minimum Gasteiger partial charge on any atom is -0.368 e. The van der Waals surface area contributed by atoms with E-state index in [4.69, 9.17) is 11.5 Å². The molecule has 3 rings (SSSR count). The Labute approximate surface area is 129 Å². The van der Waals surface area contributed by atoms with E-state index in [9.17, 15) is 4.79 Å². The van der Waals surface area contributed by atoms with Crippen molar-refractivity contribution >= 4 is 16.8 Å². The van der Waals surface area contributed by atoms with Gasteiger partial charge in [0.05, 0.1) is 0 Å². The lowest BCUT2D eigenvalue weighted by Crippen LogP contribution is -2.27. The number of amides is 1. The van der Waals surface area contributed by atoms with Gasteiger partial charge in [-0.3, -0.25) is 4.79 Å². The summed E-state index contributed by atoms with van der Waals surface area (Å²) in [6.45, 7) is 0.570. The molecule has 0 aliphatic heterocycles. The molecule has 22 heavy (non-hydrogen) atoms. The predicted molar refractivity (Wildman–Crippen MR) is 88.5 cm³/mol. The first-order valence-corrected chi connectivity index (χ1v) is 7.35. The van der Waals surface area contributed by atoms with Gasteiger partial charge >= 0.3 is 0 Å². The summed E-state index contributed by atoms with van der Waals surface area (Å²) in [5, 5.41) is 1.12. The molecule has 1 atom stereocenters. The highest BCUT2D eigenvalue weighted by Crippen LogP contribution is 2.28. The van der Waals surface area contributed by atoms with Gasteiger partial charge in [0, 0.05) is 17.1 Å². The second-order valence-electron chi connectivity index (χ2n) is 5.33. The van der Waals surface area contributed by atoms with Crippen LogP contribution in [0.4, 0.5) is 0 Å². The summed E-state index contributed by atoms with van der Waals surface area (Å²) in [4.78, 5) is 12.1. The van der Waals surface area contributed by atoms with Crippen LogP contribution >= 0.6 is 0 Å². The monoisotopic (exact) mass is 293 g/mol. The van der Waals surface area contributed by atoms with E-state index in [0.29, 0.717) is 6.54 Å². The summed E-state index contributed by atoms with van der Waals surface area (Å²) in [7, 11) is 0. The Morgan fingerprint density at radius 1 is 1.05 bits per heavy atom. The van der Waals surface area contributed by atoms with Crippen molar-refractivity contribution in [3.8, 4) is 0 Å². The van der Waals surface area contributed by atoms with Crippen molar-refractivity contribution < 1.29 is 4.79 Å². The molecular formula is C18H19N3O. The number of primary amides is 1. The van der Waals surface area contributed by atoms with Gasteiger partial charge in [-0.1, -0.05) is 48.5 Å². The molecule has 0 bridgehead atoms. The fraction of sp³-hybridized carbons (Fsp3) is 0.167. The molecule has 0 fully saturated rings. The zero-order chi connectivity index (χ0) is 15.5. The zero-order valence-electron chi connectivity index (χ0n) is 12.3. The number of carbonyl (C=O) groups is 1. The highest BCUT2D eigenvalue weighted by Gasteiger charge is 2.22. The summed E-state index contributed by atoms with van der Waals surface area (Å²) in [6, 6.07) is 17.1. The second-order valence-corrected chi connectivity index (χ2v) is 5.33. The van der Waals surface area contributed by atoms with E-state index in [2.05, 4.69) is 6.07 Å². The van der Waals surface area contributed by atoms with Crippen molar-refractivity contribution in [3.05, 3.63) is 71.9 Å². The molecule has 0 spiro atoms. The standard InChI is InChI=1S/C18H19N3O/c19-11-10-14-12-21(16-9-5-4-8-15(14)16)17(18(20)22)13-6-2-1-3-7-13/h1-9,12,17H,10-11,19H2,(H2,20,22). The summed E-state index contributed by atoms with van der Waals surface area (Å²) in [5.41, 5.74) is 14.4. The Balaban J connectivity index is 2.20. The molecular weight excluding hydrogens is 274 g/mol. The first kappa shape index (κ1) is 14.4. The molecule has 1 amide bonds. The third-order valence-electron chi connectivity index (χ3n) is 3.90. The van der Waals surface area contributed by atoms with E-state index in [0.717, 1.165) is 28.5 Å². The molecule has 0 saturated carbocycles. The van der Waals surface area contributed by atoms with Crippen molar-refractivity contribution in [2.75, 3.05) is 6.54 Å². The van der Waals surface area contributed by atoms with Crippen LogP contribution in [-0.4, -0.2) is 17.0 Å². The Morgan fingerprint density at radius 2 is 1.73 bits per heavy atom. The molecule has 0 aliphatic rings. The Kier molecular flexibility index (Phi) is 3.94. The van der Waals surface area contributed by atoms with Gasteiger partial charge in [-0.05, 0) is 30.2 Å². The van der Waals surface area contributed by atoms with E-state index < -0.39 is 6.04 Å². The van der Waals surface area contributed by atoms with E-state index in [1.54, 1.807) is 0 Å². The van der Waals surface area contributed by atoms with Gasteiger partial charge in [0.15, 0.2) is 0 Å². The van der Waals surface area contributed by atoms with Crippen LogP contribution in [0.15, 0.2) is 60.8 Å². The first-order valence-electron chi connectivity index (χ1n) is 7.35. The molecule has 4 nitrogen and oxygen atoms in total. The number of aromatic nitrogens is 1. The molecule has 1 aromatic heterocycles. The van der Waals surface area contributed by atoms with Crippen LogP contribution in [0, 0.1) is 0 Å². The summed E-state index contributed by atoms with van der Waals surface area (Å²) in [5.74, 6) is -0.369. The lowest BCUT2D eigenvalue weighted by molar-refractivity contribution is -0.120. The SMILES string of the molecule is NCCc1cn(C(C(N)=O)c2ccccc2)c2ccccc12. The van der Waals surface area contributed by atoms with Crippen molar-refractivity contribution in [2.24, 2.45) is 11.5 Å². The van der Waals surface area contributed by atoms with Crippen molar-refractivity contribution in [1.82, 2.24) is 4.57 Å². The molecule has 3 aromatic rings. The number of hydrogen-bond acceptors (Lipinski definition) is 2. The third-order valence-corrected chi connectivity index (χ3v) is 3.90. The topological polar surface area (TPSA) is 74.0 Å². The van der Waals surface area contributed by atoms with Crippen LogP contribution < -0.4 is 11.5 Å². The van der Waals surface area contributed by atoms with Crippen LogP contribution in [-0.2, 0) is 11.2 Å². The van der Waals surface area contributed by atoms with E-state index >= 15 is 0 Å². The summed E-state index contributed by atoms with van der Waals surface area (Å²) >= 11 is 0. The highest BCUT2D eigenvalue weighted by molar-refractivity contribution is 5.89. The molecule has 112 valence electrons. The number of rotatable bonds is 5. The number of nitrogens with zero attached hydrogens (tertiary/aromatic N) is 1. The molecule has 0 saturated heterocycles. The second kappa shape index (κ2) is 6.03. The van der Waals surface area contributed by atoms with Gasteiger partial charge in [0.1, 0.15) is 6.04 Å². The van der Waals surface area contributed by atoms with E-state index in [-0.39, 0.29) is 5.91 Å². The average Bonchev–Trinajstić information content (AvgIpc) is 2.88. The molecule has 1 heterocycles. The van der Waals surface area contributed by atoms with Gasteiger partial charge in [0.25, 0.3) is 0 Å². The van der Waals surface area contributed by atoms with Gasteiger partial charge in [-0.25, -0.2) is 0 Å². The number of fused-ring (bicyclic) bond motifs is 1. The quantitative estimate of drug-likeness (QED) is 0.757. The van der Waals surface area contributed by atoms with Gasteiger partial charge in [-0.15, -0.1) is 0 Å². The average molecular weight is 293 g/mol. The van der Waals surface area contributed by atoms with Crippen LogP contribution in [0.5, 0.6) is 0 Å². The minimum absolute atomic E-state index is 0.369. The first-order chi connectivity index (χ1) is 10.7. The maximum absolute atomic E-state index is 12.1. The predicted octanol–water partition coefficient (Wildman–Crippen LogP) is 2.22. The maximum Gasteiger partial charge on any atom is 0.245 e. The normalized spacial score (nSPS) is 12.4. The van der Waals surface area contributed by atoms with Gasteiger partial charge in [-0.2, -0.15) is 0 Å². The van der Waals surface area contributed by atoms with Crippen molar-refractivity contribution in [1.29, 1.82) is 0 Å². The summed E-state index contributed by atoms with van der Waals surface area (Å²) < 4.78 is 1.96. The van der Waals surface area contributed by atoms with Crippen LogP contribution in [0.1, 0.15) is 17.2 Å². The van der Waals surface area contributed by atoms with Gasteiger partial charge < -0.3 is 16.0 Å². The number of carbonyl (C=O) groups excluding carboxylic acids is 1. The summed E-state index contributed by atoms with van der Waals surface area (Å²) in [6.07, 6.45) is 2.77. The molecule has 1 unspecified atom stereocenters. The zero-order valence-corrected chi connectivity index (χ0v) is 12.3. The van der Waals surface area contributed by atoms with Crippen molar-refractivity contribution in [2.45, 2.75) is 12.5 Å². The van der Waals surface area contributed by atoms with E-state index in [1.807, 2.05) is 59.3 Å². The van der Waals surface area contributed by atoms with Crippen LogP contribution in [0.25, 0.3) is 10.9 Å². The molecule has 4 N–H and O–H groups in total. The number of benzene rings is 2. The lowest BCUT2D eigenvalue weighted by atomic mass is 10.1. The number of hydrogen-bond donors (Lipinski definition) is 2.